The molecule has 5 heteroatoms. The maximum absolute atomic E-state index is 5.08. The standard InChI is InChI=1S/C25H37N5/c1-2-9-17-29(16-8-1)24-22-14-6-7-15-23(22)27-25(28-24)26-20-11-10-18-30(19-20)21-12-4-3-5-13-21/h6-7,14-15,20-21H,1-5,8-13,16-19H2,(H,26,27,28)/t20-/m0/s1. The second-order valence-electron chi connectivity index (χ2n) is 9.56. The minimum atomic E-state index is 0.457. The van der Waals surface area contributed by atoms with Crippen molar-refractivity contribution in [3.05, 3.63) is 24.3 Å². The minimum absolute atomic E-state index is 0.457. The number of benzene rings is 1. The van der Waals surface area contributed by atoms with Gasteiger partial charge in [0, 0.05) is 37.1 Å². The Morgan fingerprint density at radius 2 is 1.53 bits per heavy atom. The van der Waals surface area contributed by atoms with Gasteiger partial charge in [-0.05, 0) is 57.2 Å². The fraction of sp³-hybridized carbons (Fsp3) is 0.680. The number of fused-ring (bicyclic) bond motifs is 1. The molecule has 0 amide bonds. The molecule has 1 N–H and O–H groups in total. The summed E-state index contributed by atoms with van der Waals surface area (Å²) in [6.45, 7) is 4.62. The fourth-order valence-electron chi connectivity index (χ4n) is 5.73. The molecule has 1 aliphatic carbocycles. The summed E-state index contributed by atoms with van der Waals surface area (Å²) >= 11 is 0. The molecule has 2 saturated heterocycles. The van der Waals surface area contributed by atoms with Crippen molar-refractivity contribution in [3.8, 4) is 0 Å². The molecule has 2 aliphatic heterocycles. The zero-order valence-corrected chi connectivity index (χ0v) is 18.4. The van der Waals surface area contributed by atoms with Crippen LogP contribution in [0.25, 0.3) is 10.9 Å². The van der Waals surface area contributed by atoms with Crippen molar-refractivity contribution in [3.63, 3.8) is 0 Å². The average Bonchev–Trinajstić information content (AvgIpc) is 3.09. The van der Waals surface area contributed by atoms with Gasteiger partial charge in [0.25, 0.3) is 0 Å². The molecule has 0 bridgehead atoms. The Bertz CT molecular complexity index is 823. The van der Waals surface area contributed by atoms with Crippen LogP contribution in [-0.4, -0.2) is 53.1 Å². The Morgan fingerprint density at radius 3 is 2.37 bits per heavy atom. The van der Waals surface area contributed by atoms with E-state index in [4.69, 9.17) is 9.97 Å². The maximum Gasteiger partial charge on any atom is 0.225 e. The highest BCUT2D eigenvalue weighted by Gasteiger charge is 2.27. The van der Waals surface area contributed by atoms with E-state index < -0.39 is 0 Å². The summed E-state index contributed by atoms with van der Waals surface area (Å²) in [7, 11) is 0. The van der Waals surface area contributed by atoms with Crippen molar-refractivity contribution in [2.24, 2.45) is 0 Å². The van der Waals surface area contributed by atoms with Crippen LogP contribution in [0.1, 0.15) is 70.6 Å². The Kier molecular flexibility index (Phi) is 6.35. The number of hydrogen-bond donors (Lipinski definition) is 1. The minimum Gasteiger partial charge on any atom is -0.356 e. The van der Waals surface area contributed by atoms with Crippen molar-refractivity contribution in [2.45, 2.75) is 82.7 Å². The number of nitrogens with zero attached hydrogens (tertiary/aromatic N) is 4. The third-order valence-corrected chi connectivity index (χ3v) is 7.37. The van der Waals surface area contributed by atoms with E-state index in [1.807, 2.05) is 0 Å². The van der Waals surface area contributed by atoms with Gasteiger partial charge < -0.3 is 10.2 Å². The number of piperidine rings is 1. The highest BCUT2D eigenvalue weighted by atomic mass is 15.3. The second-order valence-corrected chi connectivity index (χ2v) is 9.56. The lowest BCUT2D eigenvalue weighted by Crippen LogP contribution is -2.47. The molecule has 0 unspecified atom stereocenters. The van der Waals surface area contributed by atoms with Crippen LogP contribution < -0.4 is 10.2 Å². The first-order chi connectivity index (χ1) is 14.9. The smallest absolute Gasteiger partial charge is 0.225 e. The number of hydrogen-bond acceptors (Lipinski definition) is 5. The second kappa shape index (κ2) is 9.51. The lowest BCUT2D eigenvalue weighted by molar-refractivity contribution is 0.124. The maximum atomic E-state index is 5.08. The van der Waals surface area contributed by atoms with Gasteiger partial charge in [0.2, 0.25) is 5.95 Å². The monoisotopic (exact) mass is 407 g/mol. The lowest BCUT2D eigenvalue weighted by Gasteiger charge is -2.40. The average molecular weight is 408 g/mol. The van der Waals surface area contributed by atoms with E-state index in [1.54, 1.807) is 0 Å². The number of rotatable bonds is 4. The molecular formula is C25H37N5. The highest BCUT2D eigenvalue weighted by molar-refractivity contribution is 5.90. The molecule has 1 saturated carbocycles. The van der Waals surface area contributed by atoms with Crippen LogP contribution in [0, 0.1) is 0 Å². The summed E-state index contributed by atoms with van der Waals surface area (Å²) in [6, 6.07) is 9.79. The van der Waals surface area contributed by atoms with Gasteiger partial charge in [-0.1, -0.05) is 44.2 Å². The fourth-order valence-corrected chi connectivity index (χ4v) is 5.73. The number of anilines is 2. The Hall–Kier alpha value is -1.88. The van der Waals surface area contributed by atoms with Gasteiger partial charge in [-0.2, -0.15) is 4.98 Å². The SMILES string of the molecule is c1ccc2c(N3CCCCCC3)nc(N[C@H]3CCCN(C4CCCCC4)C3)nc2c1. The van der Waals surface area contributed by atoms with Crippen molar-refractivity contribution in [2.75, 3.05) is 36.4 Å². The van der Waals surface area contributed by atoms with E-state index >= 15 is 0 Å². The van der Waals surface area contributed by atoms with E-state index in [1.165, 1.54) is 82.6 Å². The first-order valence-electron chi connectivity index (χ1n) is 12.4. The molecule has 0 radical (unpaired) electrons. The largest absolute Gasteiger partial charge is 0.356 e. The van der Waals surface area contributed by atoms with E-state index in [2.05, 4.69) is 39.4 Å². The van der Waals surface area contributed by atoms with Crippen molar-refractivity contribution in [1.29, 1.82) is 0 Å². The summed E-state index contributed by atoms with van der Waals surface area (Å²) in [5.41, 5.74) is 1.06. The summed E-state index contributed by atoms with van der Waals surface area (Å²) in [5, 5.41) is 4.94. The van der Waals surface area contributed by atoms with E-state index in [-0.39, 0.29) is 0 Å². The Morgan fingerprint density at radius 1 is 0.767 bits per heavy atom. The van der Waals surface area contributed by atoms with Crippen molar-refractivity contribution >= 4 is 22.7 Å². The third kappa shape index (κ3) is 4.56. The Labute approximate surface area is 181 Å². The van der Waals surface area contributed by atoms with Crippen molar-refractivity contribution < 1.29 is 0 Å². The van der Waals surface area contributed by atoms with E-state index in [9.17, 15) is 0 Å². The van der Waals surface area contributed by atoms with Crippen LogP contribution in [0.4, 0.5) is 11.8 Å². The molecule has 1 atom stereocenters. The van der Waals surface area contributed by atoms with Gasteiger partial charge >= 0.3 is 0 Å². The quantitative estimate of drug-likeness (QED) is 0.753. The van der Waals surface area contributed by atoms with Crippen LogP contribution in [0.15, 0.2) is 24.3 Å². The topological polar surface area (TPSA) is 44.3 Å². The van der Waals surface area contributed by atoms with E-state index in [0.29, 0.717) is 6.04 Å². The van der Waals surface area contributed by atoms with Crippen LogP contribution >= 0.6 is 0 Å². The van der Waals surface area contributed by atoms with E-state index in [0.717, 1.165) is 43.0 Å². The normalized spacial score (nSPS) is 24.7. The van der Waals surface area contributed by atoms with Gasteiger partial charge in [0.05, 0.1) is 5.52 Å². The third-order valence-electron chi connectivity index (χ3n) is 7.37. The number of likely N-dealkylation sites (tertiary alicyclic amines) is 1. The molecule has 1 aromatic carbocycles. The van der Waals surface area contributed by atoms with Gasteiger partial charge in [0.15, 0.2) is 0 Å². The molecule has 2 aromatic rings. The summed E-state index contributed by atoms with van der Waals surface area (Å²) in [4.78, 5) is 15.2. The van der Waals surface area contributed by atoms with Gasteiger partial charge in [-0.3, -0.25) is 4.90 Å². The first-order valence-corrected chi connectivity index (χ1v) is 12.4. The molecule has 3 fully saturated rings. The molecule has 162 valence electrons. The van der Waals surface area contributed by atoms with Gasteiger partial charge in [-0.15, -0.1) is 0 Å². The number of nitrogens with one attached hydrogen (secondary N) is 1. The molecule has 5 rings (SSSR count). The molecule has 0 spiro atoms. The molecule has 3 aliphatic rings. The molecule has 5 nitrogen and oxygen atoms in total. The zero-order chi connectivity index (χ0) is 20.2. The summed E-state index contributed by atoms with van der Waals surface area (Å²) in [6.07, 6.45) is 14.7. The molecule has 3 heterocycles. The van der Waals surface area contributed by atoms with Crippen LogP contribution in [0.5, 0.6) is 0 Å². The first kappa shape index (κ1) is 20.0. The lowest BCUT2D eigenvalue weighted by atomic mass is 9.92. The van der Waals surface area contributed by atoms with Crippen LogP contribution in [0.3, 0.4) is 0 Å². The zero-order valence-electron chi connectivity index (χ0n) is 18.4. The predicted molar refractivity (Wildman–Crippen MR) is 125 cm³/mol. The summed E-state index contributed by atoms with van der Waals surface area (Å²) in [5.74, 6) is 1.95. The van der Waals surface area contributed by atoms with Crippen LogP contribution in [0.2, 0.25) is 0 Å². The van der Waals surface area contributed by atoms with Gasteiger partial charge in [0.1, 0.15) is 5.82 Å². The predicted octanol–water partition coefficient (Wildman–Crippen LogP) is 5.22. The Balaban J connectivity index is 1.36. The molecule has 1 aromatic heterocycles. The van der Waals surface area contributed by atoms with Crippen molar-refractivity contribution in [1.82, 2.24) is 14.9 Å². The molecule has 30 heavy (non-hydrogen) atoms. The van der Waals surface area contributed by atoms with Gasteiger partial charge in [-0.25, -0.2) is 4.98 Å². The highest BCUT2D eigenvalue weighted by Crippen LogP contribution is 2.29. The summed E-state index contributed by atoms with van der Waals surface area (Å²) < 4.78 is 0. The molecular weight excluding hydrogens is 370 g/mol. The number of para-hydroxylation sites is 1. The number of aromatic nitrogens is 2. The van der Waals surface area contributed by atoms with Crippen LogP contribution in [-0.2, 0) is 0 Å².